The summed E-state index contributed by atoms with van der Waals surface area (Å²) in [6.45, 7) is 3.62. The second-order valence-corrected chi connectivity index (χ2v) is 3.88. The highest BCUT2D eigenvalue weighted by Crippen LogP contribution is 2.30. The van der Waals surface area contributed by atoms with E-state index < -0.39 is 5.97 Å². The molecule has 0 radical (unpaired) electrons. The summed E-state index contributed by atoms with van der Waals surface area (Å²) in [6, 6.07) is 10.7. The molecule has 19 heavy (non-hydrogen) atoms. The number of pyridine rings is 1. The molecule has 0 aliphatic carbocycles. The van der Waals surface area contributed by atoms with E-state index in [4.69, 9.17) is 9.84 Å². The van der Waals surface area contributed by atoms with Crippen molar-refractivity contribution in [1.29, 1.82) is 0 Å². The van der Waals surface area contributed by atoms with Crippen molar-refractivity contribution in [3.63, 3.8) is 0 Å². The predicted molar refractivity (Wildman–Crippen MR) is 73.3 cm³/mol. The lowest BCUT2D eigenvalue weighted by molar-refractivity contribution is 0.0690. The Morgan fingerprint density at radius 2 is 2.11 bits per heavy atom. The third kappa shape index (κ3) is 2.63. The van der Waals surface area contributed by atoms with Gasteiger partial charge in [-0.05, 0) is 29.8 Å². The number of carbonyl (C=O) groups is 1. The van der Waals surface area contributed by atoms with E-state index in [1.54, 1.807) is 13.2 Å². The molecule has 0 saturated heterocycles. The highest BCUT2D eigenvalue weighted by Gasteiger charge is 2.11. The van der Waals surface area contributed by atoms with Crippen LogP contribution in [-0.2, 0) is 0 Å². The van der Waals surface area contributed by atoms with E-state index in [1.807, 2.05) is 24.3 Å². The smallest absolute Gasteiger partial charge is 0.354 e. The maximum Gasteiger partial charge on any atom is 0.354 e. The van der Waals surface area contributed by atoms with Gasteiger partial charge in [-0.25, -0.2) is 9.78 Å². The highest BCUT2D eigenvalue weighted by atomic mass is 16.5. The molecule has 1 heterocycles. The average Bonchev–Trinajstić information content (AvgIpc) is 2.46. The van der Waals surface area contributed by atoms with Crippen LogP contribution in [0.5, 0.6) is 5.75 Å². The van der Waals surface area contributed by atoms with Crippen molar-refractivity contribution in [2.45, 2.75) is 0 Å². The molecular weight excluding hydrogens is 242 g/mol. The number of aromatic carboxylic acids is 1. The minimum atomic E-state index is -1.07. The number of hydrogen-bond acceptors (Lipinski definition) is 3. The average molecular weight is 255 g/mol. The van der Waals surface area contributed by atoms with Gasteiger partial charge in [-0.15, -0.1) is 0 Å². The zero-order valence-electron chi connectivity index (χ0n) is 10.5. The highest BCUT2D eigenvalue weighted by molar-refractivity contribution is 5.88. The van der Waals surface area contributed by atoms with Crippen LogP contribution >= 0.6 is 0 Å². The lowest BCUT2D eigenvalue weighted by Gasteiger charge is -2.09. The van der Waals surface area contributed by atoms with Crippen molar-refractivity contribution >= 4 is 12.0 Å². The summed E-state index contributed by atoms with van der Waals surface area (Å²) in [5.41, 5.74) is 2.05. The minimum absolute atomic E-state index is 0.0155. The third-order valence-corrected chi connectivity index (χ3v) is 2.69. The number of nitrogens with zero attached hydrogens (tertiary/aromatic N) is 1. The molecular formula is C15H13NO3. The van der Waals surface area contributed by atoms with Gasteiger partial charge in [0.25, 0.3) is 0 Å². The molecule has 96 valence electrons. The van der Waals surface area contributed by atoms with Crippen LogP contribution < -0.4 is 4.74 Å². The van der Waals surface area contributed by atoms with Gasteiger partial charge in [0, 0.05) is 5.56 Å². The van der Waals surface area contributed by atoms with Crippen LogP contribution in [0.25, 0.3) is 17.2 Å². The first kappa shape index (κ1) is 12.8. The Kier molecular flexibility index (Phi) is 3.61. The van der Waals surface area contributed by atoms with Crippen LogP contribution in [0.4, 0.5) is 0 Å². The maximum absolute atomic E-state index is 11.1. The molecule has 0 unspecified atom stereocenters. The lowest BCUT2D eigenvalue weighted by Crippen LogP contribution is -2.02. The molecule has 0 atom stereocenters. The largest absolute Gasteiger partial charge is 0.496 e. The molecule has 2 aromatic rings. The number of ether oxygens (including phenoxy) is 1. The fraction of sp³-hybridized carbons (Fsp3) is 0.0667. The standard InChI is InChI=1S/C15H13NO3/c1-3-11-8-10(9-13(16-11)15(17)18)12-6-4-5-7-14(12)19-2/h3-9H,1H2,2H3,(H,17,18). The predicted octanol–water partition coefficient (Wildman–Crippen LogP) is 3.10. The zero-order chi connectivity index (χ0) is 13.8. The number of carboxylic acids is 1. The number of carboxylic acid groups (broad SMARTS) is 1. The molecule has 0 aliphatic rings. The number of benzene rings is 1. The number of rotatable bonds is 4. The van der Waals surface area contributed by atoms with Crippen LogP contribution in [0.2, 0.25) is 0 Å². The quantitative estimate of drug-likeness (QED) is 0.912. The van der Waals surface area contributed by atoms with Crippen molar-refractivity contribution in [1.82, 2.24) is 4.98 Å². The van der Waals surface area contributed by atoms with Crippen LogP contribution in [0.1, 0.15) is 16.2 Å². The lowest BCUT2D eigenvalue weighted by atomic mass is 10.0. The van der Waals surface area contributed by atoms with Gasteiger partial charge in [-0.1, -0.05) is 24.8 Å². The fourth-order valence-electron chi connectivity index (χ4n) is 1.80. The number of hydrogen-bond donors (Lipinski definition) is 1. The van der Waals surface area contributed by atoms with Crippen molar-refractivity contribution in [3.8, 4) is 16.9 Å². The Hall–Kier alpha value is -2.62. The van der Waals surface area contributed by atoms with Crippen LogP contribution in [0.3, 0.4) is 0 Å². The molecule has 4 nitrogen and oxygen atoms in total. The van der Waals surface area contributed by atoms with Gasteiger partial charge in [-0.2, -0.15) is 0 Å². The second-order valence-electron chi connectivity index (χ2n) is 3.88. The number of methoxy groups -OCH3 is 1. The topological polar surface area (TPSA) is 59.4 Å². The zero-order valence-corrected chi connectivity index (χ0v) is 10.5. The molecule has 0 aliphatic heterocycles. The molecule has 0 spiro atoms. The first-order valence-corrected chi connectivity index (χ1v) is 5.67. The van der Waals surface area contributed by atoms with Crippen molar-refractivity contribution in [3.05, 3.63) is 54.4 Å². The molecule has 4 heteroatoms. The fourth-order valence-corrected chi connectivity index (χ4v) is 1.80. The number of aromatic nitrogens is 1. The first-order valence-electron chi connectivity index (χ1n) is 5.67. The minimum Gasteiger partial charge on any atom is -0.496 e. The van der Waals surface area contributed by atoms with E-state index in [9.17, 15) is 4.79 Å². The Balaban J connectivity index is 2.64. The van der Waals surface area contributed by atoms with Gasteiger partial charge in [0.05, 0.1) is 12.8 Å². The van der Waals surface area contributed by atoms with Crippen molar-refractivity contribution in [2.24, 2.45) is 0 Å². The molecule has 0 saturated carbocycles. The van der Waals surface area contributed by atoms with Crippen LogP contribution in [0.15, 0.2) is 43.0 Å². The van der Waals surface area contributed by atoms with Crippen LogP contribution in [-0.4, -0.2) is 23.2 Å². The van der Waals surface area contributed by atoms with E-state index in [0.29, 0.717) is 11.4 Å². The summed E-state index contributed by atoms with van der Waals surface area (Å²) in [5, 5.41) is 9.07. The first-order chi connectivity index (χ1) is 9.15. The van der Waals surface area contributed by atoms with E-state index in [2.05, 4.69) is 11.6 Å². The summed E-state index contributed by atoms with van der Waals surface area (Å²) < 4.78 is 5.28. The summed E-state index contributed by atoms with van der Waals surface area (Å²) in [6.07, 6.45) is 1.52. The normalized spacial score (nSPS) is 9.95. The SMILES string of the molecule is C=Cc1cc(-c2ccccc2OC)cc(C(=O)O)n1. The van der Waals surface area contributed by atoms with Gasteiger partial charge < -0.3 is 9.84 Å². The Morgan fingerprint density at radius 3 is 2.74 bits per heavy atom. The molecule has 0 bridgehead atoms. The van der Waals surface area contributed by atoms with Crippen molar-refractivity contribution < 1.29 is 14.6 Å². The molecule has 1 aromatic carbocycles. The summed E-state index contributed by atoms with van der Waals surface area (Å²) in [5.74, 6) is -0.389. The Bertz CT molecular complexity index is 635. The van der Waals surface area contributed by atoms with Gasteiger partial charge in [0.15, 0.2) is 0 Å². The maximum atomic E-state index is 11.1. The summed E-state index contributed by atoms with van der Waals surface area (Å²) in [4.78, 5) is 15.1. The second kappa shape index (κ2) is 5.35. The van der Waals surface area contributed by atoms with Crippen LogP contribution in [0, 0.1) is 0 Å². The van der Waals surface area contributed by atoms with E-state index in [0.717, 1.165) is 11.1 Å². The van der Waals surface area contributed by atoms with E-state index in [-0.39, 0.29) is 5.69 Å². The number of para-hydroxylation sites is 1. The van der Waals surface area contributed by atoms with Gasteiger partial charge in [0.2, 0.25) is 0 Å². The monoisotopic (exact) mass is 255 g/mol. The van der Waals surface area contributed by atoms with E-state index in [1.165, 1.54) is 12.1 Å². The summed E-state index contributed by atoms with van der Waals surface area (Å²) >= 11 is 0. The molecule has 0 amide bonds. The van der Waals surface area contributed by atoms with Gasteiger partial charge >= 0.3 is 5.97 Å². The van der Waals surface area contributed by atoms with Gasteiger partial charge in [0.1, 0.15) is 11.4 Å². The Morgan fingerprint density at radius 1 is 1.37 bits per heavy atom. The van der Waals surface area contributed by atoms with E-state index >= 15 is 0 Å². The third-order valence-electron chi connectivity index (χ3n) is 2.69. The molecule has 1 aromatic heterocycles. The van der Waals surface area contributed by atoms with Gasteiger partial charge in [-0.3, -0.25) is 0 Å². The molecule has 1 N–H and O–H groups in total. The summed E-state index contributed by atoms with van der Waals surface area (Å²) in [7, 11) is 1.58. The Labute approximate surface area is 111 Å². The molecule has 0 fully saturated rings. The van der Waals surface area contributed by atoms with Crippen molar-refractivity contribution in [2.75, 3.05) is 7.11 Å². The molecule has 2 rings (SSSR count).